The fourth-order valence-corrected chi connectivity index (χ4v) is 4.87. The highest BCUT2D eigenvalue weighted by atomic mass is 19.1. The number of nitrogens with zero attached hydrogens (tertiary/aromatic N) is 2. The van der Waals surface area contributed by atoms with Crippen molar-refractivity contribution in [3.05, 3.63) is 125 Å². The number of hydrogen-bond donors (Lipinski definition) is 0. The number of carbonyl (C=O) groups excluding carboxylic acids is 2. The second kappa shape index (κ2) is 10.9. The summed E-state index contributed by atoms with van der Waals surface area (Å²) < 4.78 is 25.4. The van der Waals surface area contributed by atoms with E-state index in [9.17, 15) is 14.0 Å². The van der Waals surface area contributed by atoms with E-state index in [1.54, 1.807) is 48.0 Å². The molecule has 7 heteroatoms. The second-order valence-corrected chi connectivity index (χ2v) is 9.48. The average molecular weight is 513 g/mol. The van der Waals surface area contributed by atoms with Gasteiger partial charge in [-0.05, 0) is 65.1 Å². The normalized spacial score (nSPS) is 14.6. The van der Waals surface area contributed by atoms with E-state index in [0.717, 1.165) is 28.7 Å². The van der Waals surface area contributed by atoms with Crippen LogP contribution in [0.15, 0.2) is 89.3 Å². The maximum absolute atomic E-state index is 13.6. The van der Waals surface area contributed by atoms with E-state index in [2.05, 4.69) is 0 Å². The van der Waals surface area contributed by atoms with Crippen LogP contribution in [-0.4, -0.2) is 35.2 Å². The van der Waals surface area contributed by atoms with E-state index >= 15 is 0 Å². The van der Waals surface area contributed by atoms with Crippen LogP contribution in [0.1, 0.15) is 51.5 Å². The van der Waals surface area contributed by atoms with Crippen molar-refractivity contribution in [2.45, 2.75) is 32.5 Å². The quantitative estimate of drug-likeness (QED) is 0.316. The molecule has 0 fully saturated rings. The molecule has 0 radical (unpaired) electrons. The van der Waals surface area contributed by atoms with Crippen LogP contribution in [0, 0.1) is 5.82 Å². The number of halogens is 1. The average Bonchev–Trinajstić information content (AvgIpc) is 3.41. The van der Waals surface area contributed by atoms with Gasteiger partial charge in [-0.15, -0.1) is 0 Å². The number of amides is 2. The van der Waals surface area contributed by atoms with Gasteiger partial charge in [-0.1, -0.05) is 48.5 Å². The summed E-state index contributed by atoms with van der Waals surface area (Å²) in [5, 5.41) is 0. The van der Waals surface area contributed by atoms with Gasteiger partial charge in [0.25, 0.3) is 5.91 Å². The van der Waals surface area contributed by atoms with Crippen molar-refractivity contribution in [1.82, 2.24) is 9.80 Å². The molecule has 5 rings (SSSR count). The van der Waals surface area contributed by atoms with E-state index < -0.39 is 0 Å². The molecule has 2 heterocycles. The van der Waals surface area contributed by atoms with Crippen molar-refractivity contribution in [1.29, 1.82) is 0 Å². The van der Waals surface area contributed by atoms with E-state index in [-0.39, 0.29) is 36.0 Å². The standard InChI is InChI=1S/C31H29FN2O4/c1-21(35)34-17-16-23-10-13-26(18-28(23)30(34)24-8-11-25(32)12-9-24)37-20-27-14-15-29(38-27)31(36)33(2)19-22-6-4-3-5-7-22/h3-15,18,30H,16-17,19-20H2,1-2H3. The summed E-state index contributed by atoms with van der Waals surface area (Å²) in [6.07, 6.45) is 0.729. The van der Waals surface area contributed by atoms with Gasteiger partial charge in [0.15, 0.2) is 5.76 Å². The highest BCUT2D eigenvalue weighted by Crippen LogP contribution is 2.37. The molecule has 1 atom stereocenters. The molecule has 0 saturated heterocycles. The molecule has 0 N–H and O–H groups in total. The molecule has 0 bridgehead atoms. The zero-order chi connectivity index (χ0) is 26.6. The second-order valence-electron chi connectivity index (χ2n) is 9.48. The summed E-state index contributed by atoms with van der Waals surface area (Å²) in [6, 6.07) is 24.9. The number of carbonyl (C=O) groups is 2. The molecule has 0 aliphatic carbocycles. The summed E-state index contributed by atoms with van der Waals surface area (Å²) in [6.45, 7) is 2.77. The first-order valence-electron chi connectivity index (χ1n) is 12.6. The Labute approximate surface area is 221 Å². The van der Waals surface area contributed by atoms with Crippen molar-refractivity contribution >= 4 is 11.8 Å². The minimum absolute atomic E-state index is 0.0405. The van der Waals surface area contributed by atoms with Crippen LogP contribution in [0.5, 0.6) is 5.75 Å². The fraction of sp³-hybridized carbons (Fsp3) is 0.226. The smallest absolute Gasteiger partial charge is 0.289 e. The van der Waals surface area contributed by atoms with Crippen molar-refractivity contribution in [2.24, 2.45) is 0 Å². The molecular formula is C31H29FN2O4. The van der Waals surface area contributed by atoms with Gasteiger partial charge in [-0.2, -0.15) is 0 Å². The van der Waals surface area contributed by atoms with Crippen molar-refractivity contribution in [3.8, 4) is 5.75 Å². The summed E-state index contributed by atoms with van der Waals surface area (Å²) in [5.41, 5.74) is 3.95. The first-order chi connectivity index (χ1) is 18.4. The topological polar surface area (TPSA) is 63.0 Å². The molecule has 1 aliphatic rings. The monoisotopic (exact) mass is 512 g/mol. The molecule has 3 aromatic carbocycles. The zero-order valence-electron chi connectivity index (χ0n) is 21.4. The Morgan fingerprint density at radius 2 is 1.79 bits per heavy atom. The Hall–Kier alpha value is -4.39. The van der Waals surface area contributed by atoms with Gasteiger partial charge in [0.2, 0.25) is 5.91 Å². The van der Waals surface area contributed by atoms with Crippen LogP contribution in [0.4, 0.5) is 4.39 Å². The highest BCUT2D eigenvalue weighted by Gasteiger charge is 2.31. The minimum atomic E-state index is -0.326. The van der Waals surface area contributed by atoms with Gasteiger partial charge in [0, 0.05) is 27.1 Å². The van der Waals surface area contributed by atoms with Gasteiger partial charge in [-0.3, -0.25) is 9.59 Å². The van der Waals surface area contributed by atoms with Gasteiger partial charge in [0.05, 0.1) is 6.04 Å². The van der Waals surface area contributed by atoms with E-state index in [4.69, 9.17) is 9.15 Å². The molecule has 0 spiro atoms. The molecule has 1 aliphatic heterocycles. The fourth-order valence-electron chi connectivity index (χ4n) is 4.87. The lowest BCUT2D eigenvalue weighted by Gasteiger charge is -2.37. The van der Waals surface area contributed by atoms with Crippen LogP contribution in [0.2, 0.25) is 0 Å². The van der Waals surface area contributed by atoms with E-state index in [1.165, 1.54) is 12.1 Å². The Bertz CT molecular complexity index is 1430. The maximum Gasteiger partial charge on any atom is 0.289 e. The number of fused-ring (bicyclic) bond motifs is 1. The Kier molecular flexibility index (Phi) is 7.26. The zero-order valence-corrected chi connectivity index (χ0v) is 21.4. The third kappa shape index (κ3) is 5.47. The van der Waals surface area contributed by atoms with E-state index in [0.29, 0.717) is 24.6 Å². The van der Waals surface area contributed by atoms with Crippen LogP contribution in [-0.2, 0) is 24.4 Å². The first kappa shape index (κ1) is 25.3. The van der Waals surface area contributed by atoms with Crippen molar-refractivity contribution < 1.29 is 23.1 Å². The van der Waals surface area contributed by atoms with Gasteiger partial charge in [0.1, 0.15) is 23.9 Å². The van der Waals surface area contributed by atoms with Crippen molar-refractivity contribution in [2.75, 3.05) is 13.6 Å². The summed E-state index contributed by atoms with van der Waals surface area (Å²) in [5.74, 6) is 0.827. The number of furan rings is 1. The lowest BCUT2D eigenvalue weighted by Crippen LogP contribution is -2.39. The molecule has 1 aromatic heterocycles. The largest absolute Gasteiger partial charge is 0.486 e. The molecule has 38 heavy (non-hydrogen) atoms. The lowest BCUT2D eigenvalue weighted by molar-refractivity contribution is -0.130. The molecule has 4 aromatic rings. The minimum Gasteiger partial charge on any atom is -0.486 e. The number of rotatable bonds is 7. The Balaban J connectivity index is 1.30. The Morgan fingerprint density at radius 3 is 2.53 bits per heavy atom. The molecule has 0 saturated carbocycles. The van der Waals surface area contributed by atoms with Gasteiger partial charge < -0.3 is 19.0 Å². The molecule has 1 unspecified atom stereocenters. The Morgan fingerprint density at radius 1 is 1.03 bits per heavy atom. The van der Waals surface area contributed by atoms with Crippen LogP contribution >= 0.6 is 0 Å². The molecule has 2 amide bonds. The highest BCUT2D eigenvalue weighted by molar-refractivity contribution is 5.91. The van der Waals surface area contributed by atoms with Crippen LogP contribution in [0.25, 0.3) is 0 Å². The summed E-state index contributed by atoms with van der Waals surface area (Å²) in [7, 11) is 1.74. The number of ether oxygens (including phenoxy) is 1. The number of benzene rings is 3. The van der Waals surface area contributed by atoms with Gasteiger partial charge in [-0.25, -0.2) is 4.39 Å². The third-order valence-corrected chi connectivity index (χ3v) is 6.80. The SMILES string of the molecule is CC(=O)N1CCc2ccc(OCc3ccc(C(=O)N(C)Cc4ccccc4)o3)cc2C1c1ccc(F)cc1. The third-order valence-electron chi connectivity index (χ3n) is 6.80. The predicted octanol–water partition coefficient (Wildman–Crippen LogP) is 5.76. The molecule has 6 nitrogen and oxygen atoms in total. The summed E-state index contributed by atoms with van der Waals surface area (Å²) >= 11 is 0. The maximum atomic E-state index is 13.6. The first-order valence-corrected chi connectivity index (χ1v) is 12.6. The lowest BCUT2D eigenvalue weighted by atomic mass is 9.88. The van der Waals surface area contributed by atoms with Gasteiger partial charge >= 0.3 is 0 Å². The van der Waals surface area contributed by atoms with Crippen LogP contribution < -0.4 is 4.74 Å². The molecular weight excluding hydrogens is 483 g/mol. The number of hydrogen-bond acceptors (Lipinski definition) is 4. The van der Waals surface area contributed by atoms with E-state index in [1.807, 2.05) is 48.5 Å². The van der Waals surface area contributed by atoms with Crippen molar-refractivity contribution in [3.63, 3.8) is 0 Å². The van der Waals surface area contributed by atoms with Crippen LogP contribution in [0.3, 0.4) is 0 Å². The summed E-state index contributed by atoms with van der Waals surface area (Å²) in [4.78, 5) is 28.7. The molecule has 194 valence electrons. The predicted molar refractivity (Wildman–Crippen MR) is 141 cm³/mol.